The van der Waals surface area contributed by atoms with Crippen molar-refractivity contribution in [3.63, 3.8) is 0 Å². The highest BCUT2D eigenvalue weighted by atomic mass is 15.1. The number of fused-ring (bicyclic) bond motifs is 9. The van der Waals surface area contributed by atoms with Crippen molar-refractivity contribution >= 4 is 55.2 Å². The van der Waals surface area contributed by atoms with Gasteiger partial charge in [-0.2, -0.15) is 0 Å². The van der Waals surface area contributed by atoms with Gasteiger partial charge in [-0.05, 0) is 110 Å². The third-order valence-electron chi connectivity index (χ3n) is 12.9. The van der Waals surface area contributed by atoms with Crippen molar-refractivity contribution in [3.8, 4) is 44.5 Å². The Morgan fingerprint density at radius 1 is 0.373 bits per heavy atom. The first-order chi connectivity index (χ1) is 29.0. The van der Waals surface area contributed by atoms with Gasteiger partial charge in [0.15, 0.2) is 0 Å². The predicted octanol–water partition coefficient (Wildman–Crippen LogP) is 15.6. The molecule has 0 unspecified atom stereocenters. The van der Waals surface area contributed by atoms with Crippen molar-refractivity contribution in [2.24, 2.45) is 0 Å². The Kier molecular flexibility index (Phi) is 7.31. The maximum atomic E-state index is 2.48. The second-order valence-electron chi connectivity index (χ2n) is 16.5. The maximum absolute atomic E-state index is 2.48. The number of rotatable bonds is 6. The molecule has 1 aliphatic rings. The van der Waals surface area contributed by atoms with Crippen molar-refractivity contribution in [2.75, 3.05) is 4.90 Å². The number of benzene rings is 9. The number of para-hydroxylation sites is 2. The molecule has 2 heteroatoms. The molecule has 0 spiro atoms. The Morgan fingerprint density at radius 2 is 0.949 bits per heavy atom. The van der Waals surface area contributed by atoms with Crippen LogP contribution in [0.25, 0.3) is 82.6 Å². The van der Waals surface area contributed by atoms with Crippen LogP contribution in [0, 0.1) is 0 Å². The van der Waals surface area contributed by atoms with Crippen molar-refractivity contribution in [1.82, 2.24) is 4.40 Å². The average Bonchev–Trinajstić information content (AvgIpc) is 3.90. The van der Waals surface area contributed by atoms with Gasteiger partial charge in [0.05, 0.1) is 22.2 Å². The number of aromatic nitrogens is 1. The molecule has 0 radical (unpaired) electrons. The molecule has 12 rings (SSSR count). The first kappa shape index (κ1) is 33.7. The van der Waals surface area contributed by atoms with Gasteiger partial charge in [0.1, 0.15) is 0 Å². The van der Waals surface area contributed by atoms with Gasteiger partial charge < -0.3 is 9.30 Å². The highest BCUT2D eigenvalue weighted by Gasteiger charge is 2.35. The Labute approximate surface area is 344 Å². The second-order valence-corrected chi connectivity index (χ2v) is 16.5. The van der Waals surface area contributed by atoms with Gasteiger partial charge in [-0.3, -0.25) is 0 Å². The van der Waals surface area contributed by atoms with E-state index in [2.05, 4.69) is 229 Å². The SMILES string of the molecule is CC1(C)c2ccccc2-c2cc(-c3ccc(N(c4cc(-c5ccccc5)cc(-c5ccccc5)c4)c4cccc5c4c4cccc6c7ccccc7n5c64)cc3)ccc21. The summed E-state index contributed by atoms with van der Waals surface area (Å²) in [6.45, 7) is 4.69. The highest BCUT2D eigenvalue weighted by Crippen LogP contribution is 2.51. The fourth-order valence-corrected chi connectivity index (χ4v) is 10.1. The van der Waals surface area contributed by atoms with E-state index in [4.69, 9.17) is 0 Å². The quantitative estimate of drug-likeness (QED) is 0.164. The molecule has 0 bridgehead atoms. The van der Waals surface area contributed by atoms with Crippen LogP contribution >= 0.6 is 0 Å². The van der Waals surface area contributed by atoms with Crippen LogP contribution in [0.15, 0.2) is 206 Å². The lowest BCUT2D eigenvalue weighted by Gasteiger charge is -2.28. The third-order valence-corrected chi connectivity index (χ3v) is 12.9. The van der Waals surface area contributed by atoms with Crippen LogP contribution < -0.4 is 4.90 Å². The summed E-state index contributed by atoms with van der Waals surface area (Å²) in [7, 11) is 0. The molecule has 2 nitrogen and oxygen atoms in total. The fraction of sp³-hybridized carbons (Fsp3) is 0.0526. The number of hydrogen-bond donors (Lipinski definition) is 0. The summed E-state index contributed by atoms with van der Waals surface area (Å²) in [5.74, 6) is 0. The molecule has 0 aliphatic heterocycles. The largest absolute Gasteiger partial charge is 0.310 e. The van der Waals surface area contributed by atoms with Crippen LogP contribution in [0.1, 0.15) is 25.0 Å². The summed E-state index contributed by atoms with van der Waals surface area (Å²) in [4.78, 5) is 2.48. The lowest BCUT2D eigenvalue weighted by atomic mass is 9.82. The summed E-state index contributed by atoms with van der Waals surface area (Å²) >= 11 is 0. The Balaban J connectivity index is 1.09. The normalized spacial score (nSPS) is 13.1. The van der Waals surface area contributed by atoms with Crippen molar-refractivity contribution in [2.45, 2.75) is 19.3 Å². The molecule has 0 fully saturated rings. The van der Waals surface area contributed by atoms with E-state index in [0.717, 1.165) is 17.1 Å². The minimum atomic E-state index is -0.0187. The van der Waals surface area contributed by atoms with E-state index in [-0.39, 0.29) is 5.41 Å². The zero-order valence-corrected chi connectivity index (χ0v) is 33.0. The Hall–Kier alpha value is -7.42. The van der Waals surface area contributed by atoms with Gasteiger partial charge in [-0.15, -0.1) is 0 Å². The summed E-state index contributed by atoms with van der Waals surface area (Å²) < 4.78 is 2.48. The van der Waals surface area contributed by atoms with Gasteiger partial charge in [0.2, 0.25) is 0 Å². The molecule has 9 aromatic carbocycles. The van der Waals surface area contributed by atoms with E-state index in [9.17, 15) is 0 Å². The standard InChI is InChI=1S/C57H40N2/c1-57(2)50-23-11-9-19-45(50)49-36-40(29-32-51(49)57)39-27-30-43(31-28-39)58(44-34-41(37-15-5-3-6-16-37)33-42(35-44)38-17-7-4-8-18-38)53-25-14-26-54-55(53)48-22-13-21-47-46-20-10-12-24-52(46)59(54)56(47)48/h3-36H,1-2H3. The molecule has 2 aromatic heterocycles. The lowest BCUT2D eigenvalue weighted by molar-refractivity contribution is 0.660. The van der Waals surface area contributed by atoms with Gasteiger partial charge in [0.25, 0.3) is 0 Å². The molecule has 0 amide bonds. The van der Waals surface area contributed by atoms with Crippen LogP contribution in [0.3, 0.4) is 0 Å². The van der Waals surface area contributed by atoms with Gasteiger partial charge in [0, 0.05) is 38.3 Å². The molecule has 0 saturated carbocycles. The first-order valence-electron chi connectivity index (χ1n) is 20.6. The zero-order chi connectivity index (χ0) is 39.2. The molecule has 278 valence electrons. The fourth-order valence-electron chi connectivity index (χ4n) is 10.1. The van der Waals surface area contributed by atoms with Crippen LogP contribution in [-0.2, 0) is 5.41 Å². The van der Waals surface area contributed by atoms with E-state index >= 15 is 0 Å². The van der Waals surface area contributed by atoms with Crippen molar-refractivity contribution < 1.29 is 0 Å². The summed E-state index contributed by atoms with van der Waals surface area (Å²) in [5, 5.41) is 5.08. The average molecular weight is 753 g/mol. The van der Waals surface area contributed by atoms with E-state index in [1.807, 2.05) is 0 Å². The van der Waals surface area contributed by atoms with E-state index in [0.29, 0.717) is 0 Å². The van der Waals surface area contributed by atoms with E-state index < -0.39 is 0 Å². The number of anilines is 3. The molecule has 11 aromatic rings. The van der Waals surface area contributed by atoms with E-state index in [1.54, 1.807) is 0 Å². The monoisotopic (exact) mass is 752 g/mol. The molecular weight excluding hydrogens is 713 g/mol. The zero-order valence-electron chi connectivity index (χ0n) is 33.0. The molecule has 0 N–H and O–H groups in total. The van der Waals surface area contributed by atoms with Gasteiger partial charge in [-0.1, -0.05) is 166 Å². The lowest BCUT2D eigenvalue weighted by Crippen LogP contribution is -2.14. The summed E-state index contributed by atoms with van der Waals surface area (Å²) in [6.07, 6.45) is 0. The minimum Gasteiger partial charge on any atom is -0.310 e. The van der Waals surface area contributed by atoms with Crippen LogP contribution in [0.4, 0.5) is 17.1 Å². The van der Waals surface area contributed by atoms with Crippen LogP contribution in [-0.4, -0.2) is 4.40 Å². The number of nitrogens with zero attached hydrogens (tertiary/aromatic N) is 2. The van der Waals surface area contributed by atoms with Crippen LogP contribution in [0.5, 0.6) is 0 Å². The predicted molar refractivity (Wildman–Crippen MR) is 250 cm³/mol. The van der Waals surface area contributed by atoms with Crippen LogP contribution in [0.2, 0.25) is 0 Å². The third kappa shape index (κ3) is 5.06. The molecule has 0 atom stereocenters. The minimum absolute atomic E-state index is 0.0187. The summed E-state index contributed by atoms with van der Waals surface area (Å²) in [5.41, 5.74) is 19.7. The van der Waals surface area contributed by atoms with Gasteiger partial charge >= 0.3 is 0 Å². The summed E-state index contributed by atoms with van der Waals surface area (Å²) in [6, 6.07) is 76.2. The highest BCUT2D eigenvalue weighted by molar-refractivity contribution is 6.26. The molecular formula is C57H40N2. The Morgan fingerprint density at radius 3 is 1.71 bits per heavy atom. The Bertz CT molecular complexity index is 3330. The van der Waals surface area contributed by atoms with Crippen molar-refractivity contribution in [3.05, 3.63) is 217 Å². The molecule has 59 heavy (non-hydrogen) atoms. The smallest absolute Gasteiger partial charge is 0.0621 e. The molecule has 2 heterocycles. The second kappa shape index (κ2) is 12.8. The first-order valence-corrected chi connectivity index (χ1v) is 20.6. The van der Waals surface area contributed by atoms with Gasteiger partial charge in [-0.25, -0.2) is 0 Å². The molecule has 1 aliphatic carbocycles. The maximum Gasteiger partial charge on any atom is 0.0621 e. The topological polar surface area (TPSA) is 7.65 Å². The molecule has 0 saturated heterocycles. The number of hydrogen-bond acceptors (Lipinski definition) is 1. The van der Waals surface area contributed by atoms with E-state index in [1.165, 1.54) is 93.7 Å². The van der Waals surface area contributed by atoms with Crippen molar-refractivity contribution in [1.29, 1.82) is 0 Å².